The number of nitrogens with one attached hydrogen (secondary N) is 2. The van der Waals surface area contributed by atoms with Crippen LogP contribution >= 0.6 is 0 Å². The third-order valence-corrected chi connectivity index (χ3v) is 12.5. The van der Waals surface area contributed by atoms with Gasteiger partial charge in [0, 0.05) is 117 Å². The van der Waals surface area contributed by atoms with Crippen molar-refractivity contribution in [2.75, 3.05) is 52.4 Å². The van der Waals surface area contributed by atoms with E-state index in [4.69, 9.17) is 14.4 Å². The summed E-state index contributed by atoms with van der Waals surface area (Å²) in [7, 11) is 0. The van der Waals surface area contributed by atoms with Gasteiger partial charge in [-0.15, -0.1) is 0 Å². The largest absolute Gasteiger partial charge is 0.456 e. The molecule has 5 aromatic heterocycles. The molecule has 11 rings (SSSR count). The van der Waals surface area contributed by atoms with E-state index in [1.807, 2.05) is 144 Å². The van der Waals surface area contributed by atoms with Gasteiger partial charge in [-0.3, -0.25) is 29.4 Å². The zero-order valence-electron chi connectivity index (χ0n) is 35.7. The lowest BCUT2D eigenvalue weighted by Gasteiger charge is -2.34. The number of aromatic nitrogens is 6. The molecular weight excluding hydrogens is 813 g/mol. The van der Waals surface area contributed by atoms with Crippen molar-refractivity contribution in [3.05, 3.63) is 168 Å². The lowest BCUT2D eigenvalue weighted by molar-refractivity contribution is 0.0621. The van der Waals surface area contributed by atoms with Crippen LogP contribution in [0.5, 0.6) is 0 Å². The smallest absolute Gasteiger partial charge is 0.254 e. The van der Waals surface area contributed by atoms with Crippen LogP contribution in [0.2, 0.25) is 0 Å². The van der Waals surface area contributed by atoms with Gasteiger partial charge in [0.1, 0.15) is 23.2 Å². The molecule has 0 spiro atoms. The summed E-state index contributed by atoms with van der Waals surface area (Å²) in [5.41, 5.74) is 10.6. The van der Waals surface area contributed by atoms with Crippen LogP contribution in [0.3, 0.4) is 0 Å². The summed E-state index contributed by atoms with van der Waals surface area (Å²) >= 11 is 0. The Morgan fingerprint density at radius 2 is 1.05 bits per heavy atom. The first-order chi connectivity index (χ1) is 32.0. The Bertz CT molecular complexity index is 2900. The molecule has 0 bridgehead atoms. The Hall–Kier alpha value is -7.74. The first kappa shape index (κ1) is 40.1. The molecule has 13 nitrogen and oxygen atoms in total. The van der Waals surface area contributed by atoms with Gasteiger partial charge in [-0.05, 0) is 72.3 Å². The molecule has 2 fully saturated rings. The van der Waals surface area contributed by atoms with E-state index in [0.717, 1.165) is 112 Å². The van der Waals surface area contributed by atoms with E-state index in [1.54, 1.807) is 6.20 Å². The van der Waals surface area contributed by atoms with Crippen LogP contribution in [0.25, 0.3) is 67.5 Å². The molecule has 2 saturated heterocycles. The highest BCUT2D eigenvalue weighted by molar-refractivity contribution is 5.98. The molecule has 2 aliphatic heterocycles. The standard InChI is InChI=1S/C52H46N10O3/c63-51(61-26-22-59(23-27-61)33-35-4-3-20-53-32-35)40-14-16-43-45(30-40)57-49(55-43)38-10-6-36(7-11-38)47-18-19-48(65-47)37-8-12-39(13-9-37)50-56-44-17-15-41(31-46(44)58-50)52(64)62-28-24-60(25-29-62)34-42-5-1-2-21-54-42/h1-21,30-32H,22-29,33-34H2,(H,55,57)(H,56,58). The van der Waals surface area contributed by atoms with Crippen molar-refractivity contribution in [2.24, 2.45) is 0 Å². The fourth-order valence-corrected chi connectivity index (χ4v) is 8.85. The number of amides is 2. The molecule has 0 radical (unpaired) electrons. The number of furan rings is 1. The van der Waals surface area contributed by atoms with Crippen LogP contribution in [-0.4, -0.2) is 114 Å². The Morgan fingerprint density at radius 3 is 1.54 bits per heavy atom. The minimum atomic E-state index is 0.0350. The first-order valence-corrected chi connectivity index (χ1v) is 22.1. The van der Waals surface area contributed by atoms with Crippen LogP contribution in [0, 0.1) is 0 Å². The van der Waals surface area contributed by atoms with Gasteiger partial charge in [0.25, 0.3) is 11.8 Å². The number of benzene rings is 4. The zero-order valence-corrected chi connectivity index (χ0v) is 35.7. The molecule has 0 saturated carbocycles. The second-order valence-electron chi connectivity index (χ2n) is 16.8. The van der Waals surface area contributed by atoms with Crippen LogP contribution < -0.4 is 0 Å². The van der Waals surface area contributed by atoms with Crippen molar-refractivity contribution in [1.82, 2.24) is 49.5 Å². The van der Waals surface area contributed by atoms with Gasteiger partial charge < -0.3 is 24.2 Å². The maximum atomic E-state index is 13.5. The van der Waals surface area contributed by atoms with Crippen molar-refractivity contribution >= 4 is 33.9 Å². The fraction of sp³-hybridized carbons (Fsp3) is 0.192. The summed E-state index contributed by atoms with van der Waals surface area (Å²) in [6.07, 6.45) is 5.51. The van der Waals surface area contributed by atoms with Gasteiger partial charge in [-0.2, -0.15) is 0 Å². The molecular formula is C52H46N10O3. The molecule has 13 heteroatoms. The highest BCUT2D eigenvalue weighted by atomic mass is 16.3. The molecule has 0 unspecified atom stereocenters. The third-order valence-electron chi connectivity index (χ3n) is 12.5. The van der Waals surface area contributed by atoms with Gasteiger partial charge in [0.2, 0.25) is 0 Å². The minimum Gasteiger partial charge on any atom is -0.456 e. The number of pyridine rings is 2. The van der Waals surface area contributed by atoms with Crippen LogP contribution in [0.4, 0.5) is 0 Å². The van der Waals surface area contributed by atoms with Crippen molar-refractivity contribution < 1.29 is 14.0 Å². The monoisotopic (exact) mass is 858 g/mol. The Labute approximate surface area is 375 Å². The summed E-state index contributed by atoms with van der Waals surface area (Å²) in [6.45, 7) is 7.64. The number of imidazole rings is 2. The van der Waals surface area contributed by atoms with Gasteiger partial charge in [0.05, 0.1) is 27.8 Å². The van der Waals surface area contributed by atoms with Gasteiger partial charge in [0.15, 0.2) is 0 Å². The molecule has 2 N–H and O–H groups in total. The van der Waals surface area contributed by atoms with Gasteiger partial charge in [-0.1, -0.05) is 60.7 Å². The lowest BCUT2D eigenvalue weighted by atomic mass is 10.1. The van der Waals surface area contributed by atoms with E-state index in [-0.39, 0.29) is 11.8 Å². The molecule has 4 aromatic carbocycles. The number of hydrogen-bond acceptors (Lipinski definition) is 9. The highest BCUT2D eigenvalue weighted by Gasteiger charge is 2.25. The maximum absolute atomic E-state index is 13.5. The molecule has 322 valence electrons. The van der Waals surface area contributed by atoms with E-state index in [9.17, 15) is 9.59 Å². The second kappa shape index (κ2) is 17.4. The van der Waals surface area contributed by atoms with Crippen molar-refractivity contribution in [3.63, 3.8) is 0 Å². The van der Waals surface area contributed by atoms with E-state index in [0.29, 0.717) is 37.3 Å². The minimum absolute atomic E-state index is 0.0350. The van der Waals surface area contributed by atoms with Crippen LogP contribution in [0.15, 0.2) is 150 Å². The molecule has 0 aliphatic carbocycles. The summed E-state index contributed by atoms with van der Waals surface area (Å²) in [5, 5.41) is 0. The SMILES string of the molecule is O=C(c1ccc2nc(-c3ccc(-c4ccc(-c5ccc(-c6nc7ccc(C(=O)N8CCN(Cc9ccccn9)CC8)cc7[nH]6)cc5)o4)cc3)[nH]c2c1)N1CCN(Cc2cccnc2)CC1. The Kier molecular flexibility index (Phi) is 10.7. The molecule has 7 heterocycles. The second-order valence-corrected chi connectivity index (χ2v) is 16.8. The van der Waals surface area contributed by atoms with Crippen LogP contribution in [0.1, 0.15) is 32.0 Å². The average molecular weight is 859 g/mol. The number of carbonyl (C=O) groups excluding carboxylic acids is 2. The van der Waals surface area contributed by atoms with Crippen molar-refractivity contribution in [3.8, 4) is 45.4 Å². The average Bonchev–Trinajstić information content (AvgIpc) is 4.14. The predicted molar refractivity (Wildman–Crippen MR) is 251 cm³/mol. The van der Waals surface area contributed by atoms with E-state index in [2.05, 4.69) is 35.8 Å². The normalized spacial score (nSPS) is 15.0. The number of carbonyl (C=O) groups is 2. The van der Waals surface area contributed by atoms with E-state index < -0.39 is 0 Å². The maximum Gasteiger partial charge on any atom is 0.254 e. The van der Waals surface area contributed by atoms with E-state index in [1.165, 1.54) is 5.56 Å². The summed E-state index contributed by atoms with van der Waals surface area (Å²) < 4.78 is 6.35. The molecule has 0 atom stereocenters. The quantitative estimate of drug-likeness (QED) is 0.139. The first-order valence-electron chi connectivity index (χ1n) is 22.1. The third kappa shape index (κ3) is 8.54. The molecule has 2 aliphatic rings. The summed E-state index contributed by atoms with van der Waals surface area (Å²) in [6, 6.07) is 41.6. The number of rotatable bonds is 10. The molecule has 9 aromatic rings. The zero-order chi connectivity index (χ0) is 43.7. The Balaban J connectivity index is 0.706. The summed E-state index contributed by atoms with van der Waals surface area (Å²) in [4.78, 5) is 60.8. The number of piperazine rings is 2. The fourth-order valence-electron chi connectivity index (χ4n) is 8.85. The van der Waals surface area contributed by atoms with Crippen molar-refractivity contribution in [1.29, 1.82) is 0 Å². The summed E-state index contributed by atoms with van der Waals surface area (Å²) in [5.74, 6) is 3.07. The highest BCUT2D eigenvalue weighted by Crippen LogP contribution is 2.32. The van der Waals surface area contributed by atoms with Gasteiger partial charge in [-0.25, -0.2) is 9.97 Å². The number of fused-ring (bicyclic) bond motifs is 2. The van der Waals surface area contributed by atoms with E-state index >= 15 is 0 Å². The van der Waals surface area contributed by atoms with Crippen LogP contribution in [-0.2, 0) is 13.1 Å². The topological polar surface area (TPSA) is 143 Å². The van der Waals surface area contributed by atoms with Gasteiger partial charge >= 0.3 is 0 Å². The van der Waals surface area contributed by atoms with Crippen molar-refractivity contribution in [2.45, 2.75) is 13.1 Å². The molecule has 65 heavy (non-hydrogen) atoms. The number of hydrogen-bond donors (Lipinski definition) is 2. The number of aromatic amines is 2. The molecule has 2 amide bonds. The predicted octanol–water partition coefficient (Wildman–Crippen LogP) is 8.41. The number of nitrogens with zero attached hydrogens (tertiary/aromatic N) is 8. The number of H-pyrrole nitrogens is 2. The Morgan fingerprint density at radius 1 is 0.523 bits per heavy atom. The lowest BCUT2D eigenvalue weighted by Crippen LogP contribution is -2.48.